The van der Waals surface area contributed by atoms with Crippen LogP contribution in [0.15, 0.2) is 154 Å². The Hall–Kier alpha value is -6.00. The first kappa shape index (κ1) is 24.6. The molecule has 206 valence electrons. The zero-order valence-corrected chi connectivity index (χ0v) is 23.6. The molecule has 0 fully saturated rings. The van der Waals surface area contributed by atoms with Crippen molar-refractivity contribution in [3.8, 4) is 45.0 Å². The quantitative estimate of drug-likeness (QED) is 0.213. The van der Waals surface area contributed by atoms with E-state index in [4.69, 9.17) is 18.8 Å². The molecule has 4 heteroatoms. The summed E-state index contributed by atoms with van der Waals surface area (Å²) in [5.41, 5.74) is 10.2. The fraction of sp³-hybridized carbons (Fsp3) is 0. The summed E-state index contributed by atoms with van der Waals surface area (Å²) in [6, 6.07) is 49.8. The molecule has 0 N–H and O–H groups in total. The standard InChI is InChI=1S/C40H24N2O2/c1-2-9-25(10-3-1)26-11-8-12-27(21-26)34-24-35(28-17-19-32-30-13-4-6-15-36(30)43-38(32)22-28)42-40(41-34)29-18-20-33-31-14-5-7-16-37(31)44-39(33)23-29/h1-24H. The normalized spacial score (nSPS) is 11.6. The predicted octanol–water partition coefficient (Wildman–Crippen LogP) is 10.9. The number of hydrogen-bond acceptors (Lipinski definition) is 4. The fourth-order valence-electron chi connectivity index (χ4n) is 6.11. The molecule has 0 saturated carbocycles. The van der Waals surface area contributed by atoms with Gasteiger partial charge in [-0.15, -0.1) is 0 Å². The van der Waals surface area contributed by atoms with E-state index in [2.05, 4.69) is 97.1 Å². The van der Waals surface area contributed by atoms with Gasteiger partial charge in [0.1, 0.15) is 22.3 Å². The highest BCUT2D eigenvalue weighted by Crippen LogP contribution is 2.36. The number of para-hydroxylation sites is 2. The van der Waals surface area contributed by atoms with Gasteiger partial charge in [0.15, 0.2) is 5.82 Å². The van der Waals surface area contributed by atoms with Crippen LogP contribution in [0.25, 0.3) is 88.9 Å². The molecule has 0 saturated heterocycles. The van der Waals surface area contributed by atoms with E-state index in [0.717, 1.165) is 83.1 Å². The van der Waals surface area contributed by atoms with E-state index in [1.165, 1.54) is 0 Å². The Morgan fingerprint density at radius 3 is 1.50 bits per heavy atom. The van der Waals surface area contributed by atoms with Crippen LogP contribution in [0.5, 0.6) is 0 Å². The van der Waals surface area contributed by atoms with Crippen LogP contribution in [0.1, 0.15) is 0 Å². The lowest BCUT2D eigenvalue weighted by Gasteiger charge is -2.11. The predicted molar refractivity (Wildman–Crippen MR) is 178 cm³/mol. The van der Waals surface area contributed by atoms with Gasteiger partial charge in [0.25, 0.3) is 0 Å². The molecule has 3 aromatic heterocycles. The highest BCUT2D eigenvalue weighted by atomic mass is 16.3. The third kappa shape index (κ3) is 4.08. The molecule has 0 aliphatic rings. The van der Waals surface area contributed by atoms with Crippen LogP contribution >= 0.6 is 0 Å². The lowest BCUT2D eigenvalue weighted by molar-refractivity contribution is 0.668. The molecule has 0 spiro atoms. The van der Waals surface area contributed by atoms with Gasteiger partial charge in [-0.3, -0.25) is 0 Å². The van der Waals surface area contributed by atoms with Crippen molar-refractivity contribution in [3.05, 3.63) is 146 Å². The summed E-state index contributed by atoms with van der Waals surface area (Å²) in [5.74, 6) is 0.634. The SMILES string of the molecule is c1ccc(-c2cccc(-c3cc(-c4ccc5c(c4)oc4ccccc45)nc(-c4ccc5c(c4)oc4ccccc45)n3)c2)cc1. The Kier molecular flexibility index (Phi) is 5.47. The Bertz CT molecular complexity index is 2370. The molecule has 0 aliphatic heterocycles. The Morgan fingerprint density at radius 1 is 0.318 bits per heavy atom. The van der Waals surface area contributed by atoms with Gasteiger partial charge in [0.2, 0.25) is 0 Å². The minimum Gasteiger partial charge on any atom is -0.456 e. The van der Waals surface area contributed by atoms with Crippen LogP contribution in [0.2, 0.25) is 0 Å². The van der Waals surface area contributed by atoms with Crippen molar-refractivity contribution in [2.75, 3.05) is 0 Å². The summed E-state index contributed by atoms with van der Waals surface area (Å²) in [6.07, 6.45) is 0. The third-order valence-corrected chi connectivity index (χ3v) is 8.30. The van der Waals surface area contributed by atoms with Crippen LogP contribution in [0.4, 0.5) is 0 Å². The summed E-state index contributed by atoms with van der Waals surface area (Å²) in [7, 11) is 0. The first-order valence-corrected chi connectivity index (χ1v) is 14.7. The molecule has 0 unspecified atom stereocenters. The van der Waals surface area contributed by atoms with Gasteiger partial charge in [0, 0.05) is 38.2 Å². The maximum absolute atomic E-state index is 6.23. The maximum atomic E-state index is 6.23. The first-order valence-electron chi connectivity index (χ1n) is 14.7. The van der Waals surface area contributed by atoms with Crippen LogP contribution in [0, 0.1) is 0 Å². The summed E-state index contributed by atoms with van der Waals surface area (Å²) >= 11 is 0. The van der Waals surface area contributed by atoms with Crippen molar-refractivity contribution in [2.45, 2.75) is 0 Å². The highest BCUT2D eigenvalue weighted by Gasteiger charge is 2.15. The van der Waals surface area contributed by atoms with Gasteiger partial charge in [-0.25, -0.2) is 9.97 Å². The number of hydrogen-bond donors (Lipinski definition) is 0. The summed E-state index contributed by atoms with van der Waals surface area (Å²) in [5, 5.41) is 4.37. The lowest BCUT2D eigenvalue weighted by Crippen LogP contribution is -1.96. The number of aromatic nitrogens is 2. The van der Waals surface area contributed by atoms with Crippen molar-refractivity contribution in [3.63, 3.8) is 0 Å². The van der Waals surface area contributed by atoms with Crippen molar-refractivity contribution >= 4 is 43.9 Å². The second-order valence-electron chi connectivity index (χ2n) is 11.0. The Labute approximate surface area is 252 Å². The molecular weight excluding hydrogens is 540 g/mol. The van der Waals surface area contributed by atoms with Gasteiger partial charge in [-0.2, -0.15) is 0 Å². The average Bonchev–Trinajstić information content (AvgIpc) is 3.66. The summed E-state index contributed by atoms with van der Waals surface area (Å²) in [4.78, 5) is 10.2. The third-order valence-electron chi connectivity index (χ3n) is 8.30. The zero-order valence-electron chi connectivity index (χ0n) is 23.6. The van der Waals surface area contributed by atoms with E-state index in [1.54, 1.807) is 0 Å². The molecule has 0 aliphatic carbocycles. The van der Waals surface area contributed by atoms with Gasteiger partial charge in [-0.05, 0) is 59.7 Å². The highest BCUT2D eigenvalue weighted by molar-refractivity contribution is 6.06. The number of nitrogens with zero attached hydrogens (tertiary/aromatic N) is 2. The number of rotatable bonds is 4. The van der Waals surface area contributed by atoms with E-state index >= 15 is 0 Å². The molecule has 6 aromatic carbocycles. The molecule has 3 heterocycles. The Balaban J connectivity index is 1.24. The molecule has 0 atom stereocenters. The van der Waals surface area contributed by atoms with Crippen LogP contribution in [-0.4, -0.2) is 9.97 Å². The number of benzene rings is 6. The summed E-state index contributed by atoms with van der Waals surface area (Å²) in [6.45, 7) is 0. The first-order chi connectivity index (χ1) is 21.8. The van der Waals surface area contributed by atoms with E-state index in [1.807, 2.05) is 48.5 Å². The van der Waals surface area contributed by atoms with E-state index in [-0.39, 0.29) is 0 Å². The molecule has 44 heavy (non-hydrogen) atoms. The van der Waals surface area contributed by atoms with E-state index in [9.17, 15) is 0 Å². The topological polar surface area (TPSA) is 52.1 Å². The van der Waals surface area contributed by atoms with Crippen LogP contribution < -0.4 is 0 Å². The van der Waals surface area contributed by atoms with Crippen LogP contribution in [-0.2, 0) is 0 Å². The maximum Gasteiger partial charge on any atom is 0.160 e. The number of furan rings is 2. The fourth-order valence-corrected chi connectivity index (χ4v) is 6.11. The van der Waals surface area contributed by atoms with Crippen molar-refractivity contribution < 1.29 is 8.83 Å². The largest absolute Gasteiger partial charge is 0.456 e. The second kappa shape index (κ2) is 9.79. The Morgan fingerprint density at radius 2 is 0.818 bits per heavy atom. The molecule has 0 bridgehead atoms. The van der Waals surface area contributed by atoms with Crippen molar-refractivity contribution in [2.24, 2.45) is 0 Å². The number of fused-ring (bicyclic) bond motifs is 6. The molecule has 9 rings (SSSR count). The molecule has 0 amide bonds. The molecule has 9 aromatic rings. The molecule has 4 nitrogen and oxygen atoms in total. The zero-order chi connectivity index (χ0) is 29.0. The molecular formula is C40H24N2O2. The van der Waals surface area contributed by atoms with Gasteiger partial charge < -0.3 is 8.83 Å². The van der Waals surface area contributed by atoms with Gasteiger partial charge in [0.05, 0.1) is 11.4 Å². The monoisotopic (exact) mass is 564 g/mol. The van der Waals surface area contributed by atoms with E-state index < -0.39 is 0 Å². The average molecular weight is 565 g/mol. The minimum absolute atomic E-state index is 0.634. The van der Waals surface area contributed by atoms with Gasteiger partial charge >= 0.3 is 0 Å². The molecule has 0 radical (unpaired) electrons. The summed E-state index contributed by atoms with van der Waals surface area (Å²) < 4.78 is 12.4. The minimum atomic E-state index is 0.634. The van der Waals surface area contributed by atoms with E-state index in [0.29, 0.717) is 5.82 Å². The second-order valence-corrected chi connectivity index (χ2v) is 11.0. The van der Waals surface area contributed by atoms with Crippen molar-refractivity contribution in [1.82, 2.24) is 9.97 Å². The van der Waals surface area contributed by atoms with Crippen molar-refractivity contribution in [1.29, 1.82) is 0 Å². The van der Waals surface area contributed by atoms with Crippen LogP contribution in [0.3, 0.4) is 0 Å². The smallest absolute Gasteiger partial charge is 0.160 e. The lowest BCUT2D eigenvalue weighted by atomic mass is 10.0. The van der Waals surface area contributed by atoms with Gasteiger partial charge in [-0.1, -0.05) is 97.1 Å².